The standard InChI is InChI=1S/C20H31N5O.HI/c1-21-20(23-12-11-22-19(26)17-9-10-17)24-14-18-8-5-13-25(18)15-16-6-3-2-4-7-16;/h2-4,6-7,17-18H,5,8-15H2,1H3,(H,22,26)(H2,21,23,24);1H. The molecule has 27 heavy (non-hydrogen) atoms. The van der Waals surface area contributed by atoms with Crippen molar-refractivity contribution < 1.29 is 4.79 Å². The van der Waals surface area contributed by atoms with Crippen molar-refractivity contribution in [3.05, 3.63) is 35.9 Å². The molecule has 2 aliphatic rings. The van der Waals surface area contributed by atoms with Gasteiger partial charge >= 0.3 is 0 Å². The molecule has 1 amide bonds. The third-order valence-electron chi connectivity index (χ3n) is 5.12. The minimum Gasteiger partial charge on any atom is -0.355 e. The van der Waals surface area contributed by atoms with Crippen molar-refractivity contribution in [2.24, 2.45) is 10.9 Å². The maximum atomic E-state index is 11.6. The molecule has 7 heteroatoms. The molecule has 2 fully saturated rings. The van der Waals surface area contributed by atoms with Crippen molar-refractivity contribution in [1.29, 1.82) is 0 Å². The number of halogens is 1. The van der Waals surface area contributed by atoms with Crippen LogP contribution in [0.25, 0.3) is 0 Å². The van der Waals surface area contributed by atoms with Gasteiger partial charge in [0.2, 0.25) is 5.91 Å². The first kappa shape index (κ1) is 21.9. The molecule has 0 spiro atoms. The van der Waals surface area contributed by atoms with E-state index < -0.39 is 0 Å². The monoisotopic (exact) mass is 485 g/mol. The molecule has 3 rings (SSSR count). The quantitative estimate of drug-likeness (QED) is 0.228. The summed E-state index contributed by atoms with van der Waals surface area (Å²) in [5.41, 5.74) is 1.37. The number of hydrogen-bond donors (Lipinski definition) is 3. The van der Waals surface area contributed by atoms with Crippen LogP contribution in [0.2, 0.25) is 0 Å². The molecule has 1 unspecified atom stereocenters. The van der Waals surface area contributed by atoms with Gasteiger partial charge in [-0.1, -0.05) is 30.3 Å². The maximum absolute atomic E-state index is 11.6. The normalized spacial score (nSPS) is 20.0. The number of carbonyl (C=O) groups excluding carboxylic acids is 1. The Labute approximate surface area is 179 Å². The van der Waals surface area contributed by atoms with Crippen molar-refractivity contribution >= 4 is 35.8 Å². The molecule has 3 N–H and O–H groups in total. The summed E-state index contributed by atoms with van der Waals surface area (Å²) in [7, 11) is 1.79. The van der Waals surface area contributed by atoms with Gasteiger partial charge in [-0.3, -0.25) is 14.7 Å². The lowest BCUT2D eigenvalue weighted by molar-refractivity contribution is -0.122. The van der Waals surface area contributed by atoms with Crippen molar-refractivity contribution in [2.45, 2.75) is 38.3 Å². The average molecular weight is 485 g/mol. The van der Waals surface area contributed by atoms with E-state index >= 15 is 0 Å². The van der Waals surface area contributed by atoms with Crippen molar-refractivity contribution in [3.63, 3.8) is 0 Å². The van der Waals surface area contributed by atoms with E-state index in [4.69, 9.17) is 0 Å². The Morgan fingerprint density at radius 1 is 1.11 bits per heavy atom. The van der Waals surface area contributed by atoms with E-state index in [1.807, 2.05) is 0 Å². The predicted octanol–water partition coefficient (Wildman–Crippen LogP) is 1.96. The lowest BCUT2D eigenvalue weighted by atomic mass is 10.2. The zero-order chi connectivity index (χ0) is 18.2. The molecule has 1 aliphatic heterocycles. The number of rotatable bonds is 8. The zero-order valence-electron chi connectivity index (χ0n) is 16.1. The Kier molecular flexibility index (Phi) is 9.33. The molecule has 1 aliphatic carbocycles. The summed E-state index contributed by atoms with van der Waals surface area (Å²) in [5.74, 6) is 1.26. The summed E-state index contributed by atoms with van der Waals surface area (Å²) in [5, 5.41) is 9.68. The smallest absolute Gasteiger partial charge is 0.223 e. The van der Waals surface area contributed by atoms with Crippen LogP contribution in [-0.4, -0.2) is 56.0 Å². The number of aliphatic imine (C=N–C) groups is 1. The van der Waals surface area contributed by atoms with Crippen LogP contribution in [0.1, 0.15) is 31.2 Å². The highest BCUT2D eigenvalue weighted by Gasteiger charge is 2.29. The van der Waals surface area contributed by atoms with Crippen molar-refractivity contribution in [1.82, 2.24) is 20.9 Å². The fraction of sp³-hybridized carbons (Fsp3) is 0.600. The third-order valence-corrected chi connectivity index (χ3v) is 5.12. The van der Waals surface area contributed by atoms with E-state index in [1.54, 1.807) is 7.05 Å². The number of amides is 1. The van der Waals surface area contributed by atoms with E-state index in [-0.39, 0.29) is 35.8 Å². The van der Waals surface area contributed by atoms with Gasteiger partial charge in [0.05, 0.1) is 0 Å². The molecular formula is C20H32IN5O. The second kappa shape index (κ2) is 11.5. The van der Waals surface area contributed by atoms with E-state index in [0.717, 1.165) is 38.4 Å². The number of likely N-dealkylation sites (tertiary alicyclic amines) is 1. The van der Waals surface area contributed by atoms with Crippen molar-refractivity contribution in [2.75, 3.05) is 33.2 Å². The summed E-state index contributed by atoms with van der Waals surface area (Å²) in [6, 6.07) is 11.2. The molecule has 0 bridgehead atoms. The van der Waals surface area contributed by atoms with Crippen LogP contribution < -0.4 is 16.0 Å². The highest BCUT2D eigenvalue weighted by molar-refractivity contribution is 14.0. The first-order chi connectivity index (χ1) is 12.8. The van der Waals surface area contributed by atoms with Crippen LogP contribution in [0.15, 0.2) is 35.3 Å². The van der Waals surface area contributed by atoms with Gasteiger partial charge in [-0.2, -0.15) is 0 Å². The number of nitrogens with zero attached hydrogens (tertiary/aromatic N) is 2. The van der Waals surface area contributed by atoms with Gasteiger partial charge in [-0.25, -0.2) is 0 Å². The fourth-order valence-electron chi connectivity index (χ4n) is 3.44. The Hall–Kier alpha value is -1.35. The molecule has 0 aromatic heterocycles. The number of carbonyl (C=O) groups is 1. The van der Waals surface area contributed by atoms with Crippen LogP contribution in [0.4, 0.5) is 0 Å². The zero-order valence-corrected chi connectivity index (χ0v) is 18.4. The van der Waals surface area contributed by atoms with Crippen LogP contribution >= 0.6 is 24.0 Å². The highest BCUT2D eigenvalue weighted by atomic mass is 127. The molecule has 1 aromatic rings. The molecular weight excluding hydrogens is 453 g/mol. The lowest BCUT2D eigenvalue weighted by Crippen LogP contribution is -2.46. The van der Waals surface area contributed by atoms with Crippen LogP contribution in [0, 0.1) is 5.92 Å². The van der Waals surface area contributed by atoms with Gasteiger partial charge in [0, 0.05) is 45.2 Å². The first-order valence-corrected chi connectivity index (χ1v) is 9.76. The number of hydrogen-bond acceptors (Lipinski definition) is 3. The Morgan fingerprint density at radius 2 is 1.85 bits per heavy atom. The summed E-state index contributed by atoms with van der Waals surface area (Å²) in [4.78, 5) is 18.4. The average Bonchev–Trinajstić information content (AvgIpc) is 3.43. The Morgan fingerprint density at radius 3 is 2.56 bits per heavy atom. The van der Waals surface area contributed by atoms with Gasteiger partial charge in [-0.05, 0) is 37.8 Å². The van der Waals surface area contributed by atoms with E-state index in [0.29, 0.717) is 19.1 Å². The second-order valence-electron chi connectivity index (χ2n) is 7.20. The molecule has 1 saturated carbocycles. The minimum absolute atomic E-state index is 0. The van der Waals surface area contributed by atoms with E-state index in [9.17, 15) is 4.79 Å². The number of guanidine groups is 1. The number of nitrogens with one attached hydrogen (secondary N) is 3. The molecule has 0 radical (unpaired) electrons. The number of benzene rings is 1. The van der Waals surface area contributed by atoms with Crippen LogP contribution in [0.5, 0.6) is 0 Å². The van der Waals surface area contributed by atoms with Gasteiger partial charge in [0.15, 0.2) is 5.96 Å². The van der Waals surface area contributed by atoms with Gasteiger partial charge in [0.1, 0.15) is 0 Å². The van der Waals surface area contributed by atoms with Crippen LogP contribution in [-0.2, 0) is 11.3 Å². The molecule has 150 valence electrons. The predicted molar refractivity (Wildman–Crippen MR) is 120 cm³/mol. The molecule has 1 saturated heterocycles. The summed E-state index contributed by atoms with van der Waals surface area (Å²) in [6.45, 7) is 4.38. The summed E-state index contributed by atoms with van der Waals surface area (Å²) >= 11 is 0. The van der Waals surface area contributed by atoms with E-state index in [1.165, 1.54) is 18.4 Å². The van der Waals surface area contributed by atoms with E-state index in [2.05, 4.69) is 56.2 Å². The lowest BCUT2D eigenvalue weighted by Gasteiger charge is -2.25. The van der Waals surface area contributed by atoms with Gasteiger partial charge in [0.25, 0.3) is 0 Å². The van der Waals surface area contributed by atoms with Gasteiger partial charge in [-0.15, -0.1) is 24.0 Å². The summed E-state index contributed by atoms with van der Waals surface area (Å²) < 4.78 is 0. The van der Waals surface area contributed by atoms with Crippen molar-refractivity contribution in [3.8, 4) is 0 Å². The Bertz CT molecular complexity index is 606. The molecule has 6 nitrogen and oxygen atoms in total. The largest absolute Gasteiger partial charge is 0.355 e. The topological polar surface area (TPSA) is 68.8 Å². The SMILES string of the molecule is CN=C(NCCNC(=O)C1CC1)NCC1CCCN1Cc1ccccc1.I. The minimum atomic E-state index is 0. The molecule has 1 atom stereocenters. The summed E-state index contributed by atoms with van der Waals surface area (Å²) in [6.07, 6.45) is 4.55. The molecule has 1 aromatic carbocycles. The molecule has 1 heterocycles. The first-order valence-electron chi connectivity index (χ1n) is 9.76. The van der Waals surface area contributed by atoms with Crippen LogP contribution in [0.3, 0.4) is 0 Å². The second-order valence-corrected chi connectivity index (χ2v) is 7.20. The highest BCUT2D eigenvalue weighted by Crippen LogP contribution is 2.28. The fourth-order valence-corrected chi connectivity index (χ4v) is 3.44. The third kappa shape index (κ3) is 7.29. The Balaban J connectivity index is 0.00000261. The maximum Gasteiger partial charge on any atom is 0.223 e. The van der Waals surface area contributed by atoms with Gasteiger partial charge < -0.3 is 16.0 Å².